The van der Waals surface area contributed by atoms with Gasteiger partial charge in [0.05, 0.1) is 16.6 Å². The Morgan fingerprint density at radius 2 is 2.04 bits per heavy atom. The number of hydrogen-bond acceptors (Lipinski definition) is 5. The lowest BCUT2D eigenvalue weighted by molar-refractivity contribution is -0.119. The van der Waals surface area contributed by atoms with Crippen LogP contribution in [-0.2, 0) is 10.2 Å². The Kier molecular flexibility index (Phi) is 5.46. The largest absolute Gasteiger partial charge is 0.325 e. The minimum Gasteiger partial charge on any atom is -0.299 e. The van der Waals surface area contributed by atoms with Crippen molar-refractivity contribution in [3.8, 4) is 0 Å². The molecule has 0 spiro atoms. The van der Waals surface area contributed by atoms with E-state index in [1.807, 2.05) is 52.1 Å². The number of thiophene rings is 1. The van der Waals surface area contributed by atoms with Gasteiger partial charge in [0.15, 0.2) is 0 Å². The van der Waals surface area contributed by atoms with Gasteiger partial charge in [-0.15, -0.1) is 11.3 Å². The van der Waals surface area contributed by atoms with Crippen LogP contribution in [0.3, 0.4) is 0 Å². The van der Waals surface area contributed by atoms with E-state index in [1.165, 1.54) is 16.0 Å². The second-order valence-electron chi connectivity index (χ2n) is 7.60. The summed E-state index contributed by atoms with van der Waals surface area (Å²) in [5.41, 5.74) is 1.19. The maximum Gasteiger partial charge on any atom is 0.325 e. The highest BCUT2D eigenvalue weighted by molar-refractivity contribution is 7.14. The minimum atomic E-state index is -0.404. The Morgan fingerprint density at radius 3 is 2.61 bits per heavy atom. The van der Waals surface area contributed by atoms with Gasteiger partial charge in [0.25, 0.3) is 11.9 Å². The minimum absolute atomic E-state index is 0.161. The molecule has 8 nitrogen and oxygen atoms in total. The fourth-order valence-corrected chi connectivity index (χ4v) is 3.39. The summed E-state index contributed by atoms with van der Waals surface area (Å²) in [4.78, 5) is 33.3. The van der Waals surface area contributed by atoms with Gasteiger partial charge in [-0.25, -0.2) is 9.79 Å². The van der Waals surface area contributed by atoms with E-state index in [0.29, 0.717) is 18.0 Å². The van der Waals surface area contributed by atoms with Gasteiger partial charge in [0.1, 0.15) is 5.82 Å². The number of nitrogens with one attached hydrogen (secondary N) is 2. The molecule has 0 aliphatic carbocycles. The molecule has 1 unspecified atom stereocenters. The fraction of sp³-hybridized carbons (Fsp3) is 0.421. The highest BCUT2D eigenvalue weighted by atomic mass is 32.1. The lowest BCUT2D eigenvalue weighted by Gasteiger charge is -2.17. The standard InChI is InChI=1S/C19H24N6O2S/c1-6-12-11(2)20-17(23-16(12)26)25-14(10-13(24-25)19(3,4)5)21-18(27)22-15-8-7-9-28-15/h7-10,12H,6H2,1-5H3,(H2,21,22,27). The third-order valence-electron chi connectivity index (χ3n) is 4.36. The summed E-state index contributed by atoms with van der Waals surface area (Å²) in [6.07, 6.45) is 0.644. The van der Waals surface area contributed by atoms with Crippen molar-refractivity contribution in [2.24, 2.45) is 15.9 Å². The number of rotatable bonds is 3. The third kappa shape index (κ3) is 4.19. The van der Waals surface area contributed by atoms with Crippen molar-refractivity contribution in [3.05, 3.63) is 29.3 Å². The first-order chi connectivity index (χ1) is 13.2. The average molecular weight is 401 g/mol. The summed E-state index contributed by atoms with van der Waals surface area (Å²) < 4.78 is 1.42. The van der Waals surface area contributed by atoms with Crippen LogP contribution < -0.4 is 10.6 Å². The van der Waals surface area contributed by atoms with Crippen LogP contribution in [0.4, 0.5) is 15.6 Å². The van der Waals surface area contributed by atoms with Gasteiger partial charge in [-0.3, -0.25) is 15.4 Å². The van der Waals surface area contributed by atoms with Crippen molar-refractivity contribution < 1.29 is 9.59 Å². The molecule has 2 N–H and O–H groups in total. The predicted octanol–water partition coefficient (Wildman–Crippen LogP) is 4.12. The van der Waals surface area contributed by atoms with E-state index in [4.69, 9.17) is 0 Å². The average Bonchev–Trinajstić information content (AvgIpc) is 3.23. The zero-order chi connectivity index (χ0) is 20.5. The summed E-state index contributed by atoms with van der Waals surface area (Å²) >= 11 is 1.42. The maximum absolute atomic E-state index is 12.4. The number of carbonyl (C=O) groups excluding carboxylic acids is 2. The van der Waals surface area contributed by atoms with Gasteiger partial charge >= 0.3 is 6.03 Å². The van der Waals surface area contributed by atoms with Crippen LogP contribution in [0.2, 0.25) is 0 Å². The van der Waals surface area contributed by atoms with Crippen LogP contribution in [0.25, 0.3) is 0 Å². The highest BCUT2D eigenvalue weighted by Gasteiger charge is 2.28. The summed E-state index contributed by atoms with van der Waals surface area (Å²) in [6.45, 7) is 9.79. The number of hydrogen-bond donors (Lipinski definition) is 2. The molecule has 0 fully saturated rings. The molecule has 0 bridgehead atoms. The molecule has 1 atom stereocenters. The van der Waals surface area contributed by atoms with Gasteiger partial charge in [0, 0.05) is 17.2 Å². The normalized spacial score (nSPS) is 17.2. The van der Waals surface area contributed by atoms with Crippen molar-refractivity contribution in [1.29, 1.82) is 0 Å². The molecule has 0 aromatic carbocycles. The number of nitrogens with zero attached hydrogens (tertiary/aromatic N) is 4. The maximum atomic E-state index is 12.4. The van der Waals surface area contributed by atoms with Crippen LogP contribution >= 0.6 is 11.3 Å². The van der Waals surface area contributed by atoms with E-state index in [-0.39, 0.29) is 23.2 Å². The Hall–Kier alpha value is -2.81. The molecule has 2 aromatic rings. The first-order valence-corrected chi connectivity index (χ1v) is 9.97. The van der Waals surface area contributed by atoms with E-state index < -0.39 is 6.03 Å². The topological polar surface area (TPSA) is 101 Å². The van der Waals surface area contributed by atoms with Gasteiger partial charge in [-0.05, 0) is 30.9 Å². The highest BCUT2D eigenvalue weighted by Crippen LogP contribution is 2.25. The first kappa shape index (κ1) is 19.9. The van der Waals surface area contributed by atoms with E-state index in [0.717, 1.165) is 10.7 Å². The monoisotopic (exact) mass is 400 g/mol. The number of aliphatic imine (C=N–C) groups is 2. The molecule has 1 aliphatic heterocycles. The van der Waals surface area contributed by atoms with Crippen LogP contribution in [0.1, 0.15) is 46.7 Å². The van der Waals surface area contributed by atoms with Crippen LogP contribution in [0, 0.1) is 5.92 Å². The van der Waals surface area contributed by atoms with Crippen molar-refractivity contribution in [2.45, 2.75) is 46.5 Å². The van der Waals surface area contributed by atoms with Gasteiger partial charge < -0.3 is 0 Å². The second-order valence-corrected chi connectivity index (χ2v) is 8.54. The molecule has 3 amide bonds. The number of aromatic nitrogens is 2. The van der Waals surface area contributed by atoms with E-state index >= 15 is 0 Å². The molecule has 3 heterocycles. The van der Waals surface area contributed by atoms with Crippen LogP contribution in [0.5, 0.6) is 0 Å². The van der Waals surface area contributed by atoms with Crippen molar-refractivity contribution in [1.82, 2.24) is 9.78 Å². The molecular weight excluding hydrogens is 376 g/mol. The fourth-order valence-electron chi connectivity index (χ4n) is 2.78. The number of amides is 3. The van der Waals surface area contributed by atoms with Crippen LogP contribution in [0.15, 0.2) is 33.6 Å². The molecule has 0 radical (unpaired) electrons. The number of carbonyl (C=O) groups is 2. The van der Waals surface area contributed by atoms with Gasteiger partial charge in [-0.2, -0.15) is 14.8 Å². The van der Waals surface area contributed by atoms with Crippen molar-refractivity contribution >= 4 is 45.8 Å². The summed E-state index contributed by atoms with van der Waals surface area (Å²) in [7, 11) is 0. The quantitative estimate of drug-likeness (QED) is 0.810. The third-order valence-corrected chi connectivity index (χ3v) is 5.15. The number of anilines is 2. The van der Waals surface area contributed by atoms with Crippen molar-refractivity contribution in [3.63, 3.8) is 0 Å². The second kappa shape index (κ2) is 7.67. The lowest BCUT2D eigenvalue weighted by Crippen LogP contribution is -2.30. The Balaban J connectivity index is 1.95. The van der Waals surface area contributed by atoms with E-state index in [9.17, 15) is 9.59 Å². The predicted molar refractivity (Wildman–Crippen MR) is 113 cm³/mol. The van der Waals surface area contributed by atoms with Gasteiger partial charge in [0.2, 0.25) is 0 Å². The molecule has 0 saturated heterocycles. The van der Waals surface area contributed by atoms with Gasteiger partial charge in [-0.1, -0.05) is 27.7 Å². The smallest absolute Gasteiger partial charge is 0.299 e. The Bertz CT molecular complexity index is 950. The van der Waals surface area contributed by atoms with E-state index in [1.54, 1.807) is 6.07 Å². The lowest BCUT2D eigenvalue weighted by atomic mass is 9.92. The molecule has 1 aliphatic rings. The number of urea groups is 1. The molecule has 28 heavy (non-hydrogen) atoms. The molecule has 2 aromatic heterocycles. The zero-order valence-electron chi connectivity index (χ0n) is 16.6. The first-order valence-electron chi connectivity index (χ1n) is 9.09. The summed E-state index contributed by atoms with van der Waals surface area (Å²) in [6, 6.07) is 5.04. The van der Waals surface area contributed by atoms with E-state index in [2.05, 4.69) is 25.7 Å². The molecule has 3 rings (SSSR count). The molecule has 9 heteroatoms. The summed E-state index contributed by atoms with van der Waals surface area (Å²) in [5, 5.41) is 12.7. The molecular formula is C19H24N6O2S. The Morgan fingerprint density at radius 1 is 1.29 bits per heavy atom. The Labute approximate surface area is 167 Å². The molecule has 148 valence electrons. The van der Waals surface area contributed by atoms with Crippen LogP contribution in [-0.4, -0.2) is 33.4 Å². The van der Waals surface area contributed by atoms with Crippen molar-refractivity contribution in [2.75, 3.05) is 10.6 Å². The SMILES string of the molecule is CCC1C(=O)N=C(n2nc(C(C)(C)C)cc2NC(=O)Nc2cccs2)N=C1C. The summed E-state index contributed by atoms with van der Waals surface area (Å²) in [5.74, 6) is 0.0119. The molecule has 0 saturated carbocycles. The zero-order valence-corrected chi connectivity index (χ0v) is 17.4.